The second kappa shape index (κ2) is 6.78. The monoisotopic (exact) mass is 383 g/mol. The van der Waals surface area contributed by atoms with Crippen molar-refractivity contribution in [2.24, 2.45) is 0 Å². The molecule has 0 aromatic carbocycles. The van der Waals surface area contributed by atoms with Gasteiger partial charge in [0.15, 0.2) is 0 Å². The number of carbonyl (C=O) groups excluding carboxylic acids is 1. The maximum Gasteiger partial charge on any atom is 0.417 e. The fourth-order valence-corrected chi connectivity index (χ4v) is 3.98. The molecule has 2 atom stereocenters. The topological polar surface area (TPSA) is 68.5 Å². The van der Waals surface area contributed by atoms with E-state index in [2.05, 4.69) is 10.1 Å². The van der Waals surface area contributed by atoms with E-state index < -0.39 is 17.8 Å². The van der Waals surface area contributed by atoms with Crippen LogP contribution >= 0.6 is 0 Å². The molecular formula is C18H20F3N3O3. The average Bonchev–Trinajstić information content (AvgIpc) is 3.29. The SMILES string of the molecule is Cc1cc(C(F)(F)F)c2c([C@@H]3CCCN(C(=O)[C@@H]4CCCO4)C3)noc2n1. The maximum atomic E-state index is 13.6. The van der Waals surface area contributed by atoms with E-state index in [0.29, 0.717) is 39.0 Å². The summed E-state index contributed by atoms with van der Waals surface area (Å²) in [5.74, 6) is -0.411. The molecule has 6 nitrogen and oxygen atoms in total. The van der Waals surface area contributed by atoms with Gasteiger partial charge in [-0.2, -0.15) is 13.2 Å². The van der Waals surface area contributed by atoms with E-state index in [1.807, 2.05) is 0 Å². The lowest BCUT2D eigenvalue weighted by atomic mass is 9.91. The van der Waals surface area contributed by atoms with Crippen LogP contribution in [0.4, 0.5) is 13.2 Å². The Balaban J connectivity index is 1.66. The lowest BCUT2D eigenvalue weighted by molar-refractivity contribution is -0.142. The highest BCUT2D eigenvalue weighted by molar-refractivity contribution is 5.83. The van der Waals surface area contributed by atoms with Crippen LogP contribution in [-0.4, -0.2) is 46.7 Å². The molecule has 0 N–H and O–H groups in total. The molecule has 0 saturated carbocycles. The van der Waals surface area contributed by atoms with Crippen molar-refractivity contribution in [3.63, 3.8) is 0 Å². The van der Waals surface area contributed by atoms with Gasteiger partial charge in [-0.25, -0.2) is 4.98 Å². The molecular weight excluding hydrogens is 363 g/mol. The first-order valence-corrected chi connectivity index (χ1v) is 9.09. The molecule has 0 radical (unpaired) electrons. The molecule has 27 heavy (non-hydrogen) atoms. The van der Waals surface area contributed by atoms with Gasteiger partial charge in [0.1, 0.15) is 6.10 Å². The minimum atomic E-state index is -4.53. The molecule has 1 amide bonds. The molecule has 2 aliphatic heterocycles. The Hall–Kier alpha value is -2.16. The minimum Gasteiger partial charge on any atom is -0.368 e. The number of halogens is 3. The molecule has 9 heteroatoms. The smallest absolute Gasteiger partial charge is 0.368 e. The molecule has 2 aromatic heterocycles. The van der Waals surface area contributed by atoms with Crippen molar-refractivity contribution in [2.45, 2.75) is 50.8 Å². The highest BCUT2D eigenvalue weighted by Crippen LogP contribution is 2.40. The number of piperidine rings is 1. The van der Waals surface area contributed by atoms with Gasteiger partial charge >= 0.3 is 6.18 Å². The standard InChI is InChI=1S/C18H20F3N3O3/c1-10-8-12(18(19,20)21)14-15(23-27-16(14)22-10)11-4-2-6-24(9-11)17(25)13-5-3-7-26-13/h8,11,13H,2-7,9H2,1H3/t11-,13+/m1/s1. The summed E-state index contributed by atoms with van der Waals surface area (Å²) in [7, 11) is 0. The lowest BCUT2D eigenvalue weighted by Crippen LogP contribution is -2.44. The van der Waals surface area contributed by atoms with E-state index in [0.717, 1.165) is 12.5 Å². The van der Waals surface area contributed by atoms with Crippen LogP contribution in [0, 0.1) is 6.92 Å². The number of aryl methyl sites for hydroxylation is 1. The average molecular weight is 383 g/mol. The Morgan fingerprint density at radius 1 is 1.30 bits per heavy atom. The molecule has 0 spiro atoms. The highest BCUT2D eigenvalue weighted by atomic mass is 19.4. The molecule has 4 rings (SSSR count). The number of likely N-dealkylation sites (tertiary alicyclic amines) is 1. The Bertz CT molecular complexity index is 859. The molecule has 0 bridgehead atoms. The number of fused-ring (bicyclic) bond motifs is 1. The van der Waals surface area contributed by atoms with Crippen LogP contribution in [0.5, 0.6) is 0 Å². The molecule has 0 aliphatic carbocycles. The number of alkyl halides is 3. The third-order valence-electron chi connectivity index (χ3n) is 5.23. The fraction of sp³-hybridized carbons (Fsp3) is 0.611. The summed E-state index contributed by atoms with van der Waals surface area (Å²) in [6.07, 6.45) is -2.10. The molecule has 2 saturated heterocycles. The van der Waals surface area contributed by atoms with Gasteiger partial charge in [-0.15, -0.1) is 0 Å². The van der Waals surface area contributed by atoms with E-state index in [1.165, 1.54) is 6.92 Å². The number of nitrogens with zero attached hydrogens (tertiary/aromatic N) is 3. The van der Waals surface area contributed by atoms with Gasteiger partial charge in [0.2, 0.25) is 0 Å². The quantitative estimate of drug-likeness (QED) is 0.795. The number of rotatable bonds is 2. The predicted octanol–water partition coefficient (Wildman–Crippen LogP) is 3.44. The van der Waals surface area contributed by atoms with E-state index in [9.17, 15) is 18.0 Å². The van der Waals surface area contributed by atoms with Crippen molar-refractivity contribution in [1.29, 1.82) is 0 Å². The van der Waals surface area contributed by atoms with Gasteiger partial charge in [-0.3, -0.25) is 4.79 Å². The zero-order chi connectivity index (χ0) is 19.2. The van der Waals surface area contributed by atoms with Gasteiger partial charge in [0, 0.05) is 31.3 Å². The van der Waals surface area contributed by atoms with E-state index >= 15 is 0 Å². The van der Waals surface area contributed by atoms with Crippen LogP contribution in [0.2, 0.25) is 0 Å². The summed E-state index contributed by atoms with van der Waals surface area (Å²) in [5, 5.41) is 3.83. The number of hydrogen-bond donors (Lipinski definition) is 0. The summed E-state index contributed by atoms with van der Waals surface area (Å²) in [4.78, 5) is 18.3. The summed E-state index contributed by atoms with van der Waals surface area (Å²) in [6.45, 7) is 2.95. The van der Waals surface area contributed by atoms with Crippen LogP contribution in [-0.2, 0) is 15.7 Å². The van der Waals surface area contributed by atoms with Crippen LogP contribution in [0.1, 0.15) is 48.6 Å². The van der Waals surface area contributed by atoms with Crippen molar-refractivity contribution >= 4 is 17.0 Å². The first-order valence-electron chi connectivity index (χ1n) is 9.09. The number of aromatic nitrogens is 2. The lowest BCUT2D eigenvalue weighted by Gasteiger charge is -2.33. The van der Waals surface area contributed by atoms with Crippen molar-refractivity contribution in [3.8, 4) is 0 Å². The van der Waals surface area contributed by atoms with E-state index in [4.69, 9.17) is 9.26 Å². The first kappa shape index (κ1) is 18.2. The number of ether oxygens (including phenoxy) is 1. The Kier molecular flexibility index (Phi) is 4.57. The number of carbonyl (C=O) groups is 1. The normalized spacial score (nSPS) is 23.9. The van der Waals surface area contributed by atoms with Crippen molar-refractivity contribution in [2.75, 3.05) is 19.7 Å². The molecule has 0 unspecified atom stereocenters. The fourth-order valence-electron chi connectivity index (χ4n) is 3.98. The number of pyridine rings is 1. The predicted molar refractivity (Wildman–Crippen MR) is 89.1 cm³/mol. The van der Waals surface area contributed by atoms with Crippen LogP contribution in [0.3, 0.4) is 0 Å². The summed E-state index contributed by atoms with van der Waals surface area (Å²) < 4.78 is 51.2. The van der Waals surface area contributed by atoms with E-state index in [-0.39, 0.29) is 34.3 Å². The van der Waals surface area contributed by atoms with E-state index in [1.54, 1.807) is 4.90 Å². The third-order valence-corrected chi connectivity index (χ3v) is 5.23. The second-order valence-corrected chi connectivity index (χ2v) is 7.18. The van der Waals surface area contributed by atoms with Gasteiger partial charge in [-0.1, -0.05) is 5.16 Å². The number of hydrogen-bond acceptors (Lipinski definition) is 5. The molecule has 2 fully saturated rings. The maximum absolute atomic E-state index is 13.6. The van der Waals surface area contributed by atoms with Crippen molar-refractivity contribution < 1.29 is 27.2 Å². The molecule has 2 aliphatic rings. The van der Waals surface area contributed by atoms with Gasteiger partial charge in [-0.05, 0) is 38.7 Å². The highest BCUT2D eigenvalue weighted by Gasteiger charge is 2.39. The third kappa shape index (κ3) is 3.40. The van der Waals surface area contributed by atoms with Crippen molar-refractivity contribution in [1.82, 2.24) is 15.0 Å². The Morgan fingerprint density at radius 2 is 2.11 bits per heavy atom. The summed E-state index contributed by atoms with van der Waals surface area (Å²) in [6, 6.07) is 1.02. The summed E-state index contributed by atoms with van der Waals surface area (Å²) in [5.41, 5.74) is -0.449. The largest absolute Gasteiger partial charge is 0.417 e. The zero-order valence-corrected chi connectivity index (χ0v) is 14.9. The van der Waals surface area contributed by atoms with Gasteiger partial charge in [0.25, 0.3) is 11.6 Å². The second-order valence-electron chi connectivity index (χ2n) is 7.18. The molecule has 4 heterocycles. The zero-order valence-electron chi connectivity index (χ0n) is 14.9. The molecule has 146 valence electrons. The van der Waals surface area contributed by atoms with Crippen molar-refractivity contribution in [3.05, 3.63) is 23.0 Å². The van der Waals surface area contributed by atoms with Gasteiger partial charge < -0.3 is 14.2 Å². The Morgan fingerprint density at radius 3 is 2.81 bits per heavy atom. The van der Waals surface area contributed by atoms with Gasteiger partial charge in [0.05, 0.1) is 16.6 Å². The minimum absolute atomic E-state index is 0.0879. The summed E-state index contributed by atoms with van der Waals surface area (Å²) >= 11 is 0. The number of amides is 1. The Labute approximate surface area is 153 Å². The first-order chi connectivity index (χ1) is 12.8. The van der Waals surface area contributed by atoms with Crippen LogP contribution in [0.15, 0.2) is 10.6 Å². The van der Waals surface area contributed by atoms with Crippen LogP contribution < -0.4 is 0 Å². The molecule has 2 aromatic rings. The van der Waals surface area contributed by atoms with Crippen LogP contribution in [0.25, 0.3) is 11.1 Å².